The highest BCUT2D eigenvalue weighted by atomic mass is 16.6. The minimum atomic E-state index is -0.896. The molecule has 1 aliphatic heterocycles. The van der Waals surface area contributed by atoms with Crippen LogP contribution in [0.5, 0.6) is 0 Å². The molecule has 2 atom stereocenters. The van der Waals surface area contributed by atoms with Crippen LogP contribution in [0.1, 0.15) is 65.5 Å². The van der Waals surface area contributed by atoms with Gasteiger partial charge in [0.1, 0.15) is 17.7 Å². The first-order valence-electron chi connectivity index (χ1n) is 19.8. The van der Waals surface area contributed by atoms with E-state index >= 15 is 0 Å². The molecule has 4 N–H and O–H groups in total. The number of rotatable bonds is 13. The molecule has 6 rings (SSSR count). The maximum absolute atomic E-state index is 14.1. The molecule has 0 fully saturated rings. The van der Waals surface area contributed by atoms with Crippen molar-refractivity contribution in [3.8, 4) is 22.4 Å². The molecule has 0 bridgehead atoms. The van der Waals surface area contributed by atoms with Gasteiger partial charge in [0.05, 0.1) is 16.8 Å². The standard InChI is InChI=1S/C44H51N9O6/c1-27(2)38(50-43(58)59-44(4,5)6)40(55)48-28(3)39(54)47-19-7-8-22-53-41(56)35(33-11-9-13-36-34(33)12-10-20-46-36)23-37(51-53)29-14-16-32(17-15-29)49-42(57)52-25-30-18-21-45-24-31(30)26-52/h9-18,20-21,23-24,27-28,38H,7-8,19,22,25-26H2,1-6H3,(H,47,54)(H,48,55)(H,49,57)(H,50,58)/t28-,38-/m0/s1. The van der Waals surface area contributed by atoms with Crippen molar-refractivity contribution in [2.45, 2.75) is 91.7 Å². The summed E-state index contributed by atoms with van der Waals surface area (Å²) in [7, 11) is 0. The molecular formula is C44H51N9O6. The summed E-state index contributed by atoms with van der Waals surface area (Å²) in [5.41, 5.74) is 5.01. The molecule has 308 valence electrons. The van der Waals surface area contributed by atoms with Gasteiger partial charge in [0.25, 0.3) is 5.56 Å². The number of aryl methyl sites for hydroxylation is 1. The highest BCUT2D eigenvalue weighted by Crippen LogP contribution is 2.29. The van der Waals surface area contributed by atoms with Gasteiger partial charge in [0.2, 0.25) is 11.8 Å². The Labute approximate surface area is 343 Å². The minimum absolute atomic E-state index is 0.213. The predicted molar refractivity (Wildman–Crippen MR) is 225 cm³/mol. The first-order valence-corrected chi connectivity index (χ1v) is 19.8. The van der Waals surface area contributed by atoms with E-state index in [1.165, 1.54) is 4.68 Å². The molecule has 15 heteroatoms. The molecule has 15 nitrogen and oxygen atoms in total. The van der Waals surface area contributed by atoms with Gasteiger partial charge in [-0.05, 0) is 99.5 Å². The van der Waals surface area contributed by atoms with E-state index < -0.39 is 29.7 Å². The zero-order valence-corrected chi connectivity index (χ0v) is 34.2. The molecule has 2 aromatic carbocycles. The van der Waals surface area contributed by atoms with E-state index in [4.69, 9.17) is 9.84 Å². The van der Waals surface area contributed by atoms with Crippen molar-refractivity contribution in [2.24, 2.45) is 5.92 Å². The Morgan fingerprint density at radius 2 is 1.61 bits per heavy atom. The summed E-state index contributed by atoms with van der Waals surface area (Å²) in [5.74, 6) is -1.14. The summed E-state index contributed by atoms with van der Waals surface area (Å²) in [4.78, 5) is 75.8. The van der Waals surface area contributed by atoms with Gasteiger partial charge in [-0.15, -0.1) is 0 Å². The molecule has 0 radical (unpaired) electrons. The van der Waals surface area contributed by atoms with Crippen LogP contribution >= 0.6 is 0 Å². The third kappa shape index (κ3) is 10.7. The zero-order chi connectivity index (χ0) is 42.3. The van der Waals surface area contributed by atoms with Crippen molar-refractivity contribution in [2.75, 3.05) is 11.9 Å². The summed E-state index contributed by atoms with van der Waals surface area (Å²) in [6.07, 6.45) is 5.55. The summed E-state index contributed by atoms with van der Waals surface area (Å²) < 4.78 is 6.75. The van der Waals surface area contributed by atoms with E-state index in [9.17, 15) is 24.0 Å². The number of urea groups is 1. The van der Waals surface area contributed by atoms with Crippen LogP contribution in [0.25, 0.3) is 33.3 Å². The number of hydrogen-bond acceptors (Lipinski definition) is 9. The van der Waals surface area contributed by atoms with Crippen LogP contribution in [-0.2, 0) is 34.0 Å². The number of benzene rings is 2. The second-order valence-corrected chi connectivity index (χ2v) is 16.0. The average molecular weight is 802 g/mol. The lowest BCUT2D eigenvalue weighted by atomic mass is 10.00. The van der Waals surface area contributed by atoms with Gasteiger partial charge in [-0.1, -0.05) is 44.2 Å². The summed E-state index contributed by atoms with van der Waals surface area (Å²) in [6.45, 7) is 11.9. The minimum Gasteiger partial charge on any atom is -0.444 e. The molecule has 0 aliphatic carbocycles. The molecule has 0 saturated heterocycles. The van der Waals surface area contributed by atoms with Crippen molar-refractivity contribution < 1.29 is 23.9 Å². The highest BCUT2D eigenvalue weighted by molar-refractivity contribution is 5.95. The lowest BCUT2D eigenvalue weighted by molar-refractivity contribution is -0.130. The molecular weight excluding hydrogens is 751 g/mol. The van der Waals surface area contributed by atoms with Crippen LogP contribution in [0.4, 0.5) is 15.3 Å². The Kier molecular flexibility index (Phi) is 13.0. The van der Waals surface area contributed by atoms with E-state index in [0.29, 0.717) is 49.4 Å². The number of hydrogen-bond donors (Lipinski definition) is 4. The van der Waals surface area contributed by atoms with E-state index in [2.05, 4.69) is 31.2 Å². The molecule has 0 saturated carbocycles. The van der Waals surface area contributed by atoms with Gasteiger partial charge in [-0.2, -0.15) is 5.10 Å². The topological polar surface area (TPSA) is 190 Å². The van der Waals surface area contributed by atoms with E-state index in [1.54, 1.807) is 71.1 Å². The van der Waals surface area contributed by atoms with Gasteiger partial charge in [-0.25, -0.2) is 14.3 Å². The third-order valence-corrected chi connectivity index (χ3v) is 9.83. The van der Waals surface area contributed by atoms with Gasteiger partial charge in [-0.3, -0.25) is 24.4 Å². The lowest BCUT2D eigenvalue weighted by Gasteiger charge is -2.26. The van der Waals surface area contributed by atoms with Crippen LogP contribution in [0.3, 0.4) is 0 Å². The maximum atomic E-state index is 14.1. The maximum Gasteiger partial charge on any atom is 0.408 e. The number of unbranched alkanes of at least 4 members (excludes halogenated alkanes) is 1. The van der Waals surface area contributed by atoms with Gasteiger partial charge in [0.15, 0.2) is 0 Å². The largest absolute Gasteiger partial charge is 0.444 e. The number of nitrogens with one attached hydrogen (secondary N) is 4. The smallest absolute Gasteiger partial charge is 0.408 e. The van der Waals surface area contributed by atoms with Crippen LogP contribution < -0.4 is 26.8 Å². The molecule has 0 spiro atoms. The fraction of sp³-hybridized carbons (Fsp3) is 0.364. The normalized spacial score (nSPS) is 13.4. The number of carbonyl (C=O) groups is 4. The Morgan fingerprint density at radius 1 is 0.847 bits per heavy atom. The van der Waals surface area contributed by atoms with Crippen molar-refractivity contribution in [1.82, 2.24) is 40.6 Å². The Balaban J connectivity index is 1.11. The predicted octanol–water partition coefficient (Wildman–Crippen LogP) is 6.02. The van der Waals surface area contributed by atoms with Crippen LogP contribution in [0, 0.1) is 5.92 Å². The van der Waals surface area contributed by atoms with Crippen LogP contribution in [0.15, 0.2) is 90.1 Å². The van der Waals surface area contributed by atoms with Crippen LogP contribution in [-0.4, -0.2) is 72.8 Å². The first kappa shape index (κ1) is 42.0. The van der Waals surface area contributed by atoms with Crippen molar-refractivity contribution in [3.63, 3.8) is 0 Å². The summed E-state index contributed by atoms with van der Waals surface area (Å²) >= 11 is 0. The fourth-order valence-corrected chi connectivity index (χ4v) is 6.75. The number of aromatic nitrogens is 4. The SMILES string of the molecule is CC(C)[C@H](NC(=O)OC(C)(C)C)C(=O)N[C@@H](C)C(=O)NCCCCn1nc(-c2ccc(NC(=O)N3Cc4ccncc4C3)cc2)cc(-c2cccc3ncccc23)c1=O. The number of ether oxygens (including phenoxy) is 1. The lowest BCUT2D eigenvalue weighted by Crippen LogP contribution is -2.55. The van der Waals surface area contributed by atoms with E-state index in [-0.39, 0.29) is 30.0 Å². The molecule has 0 unspecified atom stereocenters. The number of fused-ring (bicyclic) bond motifs is 2. The number of carbonyl (C=O) groups excluding carboxylic acids is 4. The molecule has 5 amide bonds. The number of nitrogens with zero attached hydrogens (tertiary/aromatic N) is 5. The number of amides is 5. The van der Waals surface area contributed by atoms with E-state index in [1.807, 2.05) is 60.7 Å². The second-order valence-electron chi connectivity index (χ2n) is 16.0. The van der Waals surface area contributed by atoms with Gasteiger partial charge >= 0.3 is 12.1 Å². The monoisotopic (exact) mass is 801 g/mol. The molecule has 4 heterocycles. The Bertz CT molecular complexity index is 2360. The Morgan fingerprint density at radius 3 is 2.34 bits per heavy atom. The molecule has 59 heavy (non-hydrogen) atoms. The number of anilines is 1. The summed E-state index contributed by atoms with van der Waals surface area (Å²) in [6, 6.07) is 18.5. The third-order valence-electron chi connectivity index (χ3n) is 9.83. The first-order chi connectivity index (χ1) is 28.2. The second kappa shape index (κ2) is 18.3. The molecule has 1 aliphatic rings. The van der Waals surface area contributed by atoms with Crippen molar-refractivity contribution >= 4 is 40.5 Å². The zero-order valence-electron chi connectivity index (χ0n) is 34.2. The van der Waals surface area contributed by atoms with Crippen molar-refractivity contribution in [3.05, 3.63) is 107 Å². The highest BCUT2D eigenvalue weighted by Gasteiger charge is 2.29. The van der Waals surface area contributed by atoms with Gasteiger partial charge in [0, 0.05) is 61.4 Å². The molecule has 3 aromatic heterocycles. The number of pyridine rings is 2. The van der Waals surface area contributed by atoms with E-state index in [0.717, 1.165) is 33.2 Å². The Hall–Kier alpha value is -6.64. The van der Waals surface area contributed by atoms with Crippen molar-refractivity contribution in [1.29, 1.82) is 0 Å². The number of alkyl carbamates (subject to hydrolysis) is 1. The summed E-state index contributed by atoms with van der Waals surface area (Å²) in [5, 5.41) is 16.7. The van der Waals surface area contributed by atoms with Gasteiger partial charge < -0.3 is 30.9 Å². The van der Waals surface area contributed by atoms with Crippen LogP contribution in [0.2, 0.25) is 0 Å². The quantitative estimate of drug-likeness (QED) is 0.103. The fourth-order valence-electron chi connectivity index (χ4n) is 6.75. The average Bonchev–Trinajstić information content (AvgIpc) is 3.64. The molecule has 5 aromatic rings.